The van der Waals surface area contributed by atoms with E-state index in [-0.39, 0.29) is 6.03 Å². The fourth-order valence-electron chi connectivity index (χ4n) is 1.82. The Hall–Kier alpha value is -0.810. The molecule has 1 fully saturated rings. The maximum Gasteiger partial charge on any atom is 0.317 e. The first-order chi connectivity index (χ1) is 7.77. The quantitative estimate of drug-likeness (QED) is 0.676. The van der Waals surface area contributed by atoms with E-state index in [9.17, 15) is 4.79 Å². The van der Waals surface area contributed by atoms with Gasteiger partial charge in [0.25, 0.3) is 0 Å². The van der Waals surface area contributed by atoms with Crippen LogP contribution >= 0.6 is 0 Å². The van der Waals surface area contributed by atoms with Crippen LogP contribution in [0.4, 0.5) is 4.79 Å². The number of nitrogens with one attached hydrogen (secondary N) is 1. The average Bonchev–Trinajstić information content (AvgIpc) is 2.30. The zero-order valence-corrected chi connectivity index (χ0v) is 10.1. The molecule has 5 nitrogen and oxygen atoms in total. The number of hydrogen-bond donors (Lipinski definition) is 2. The molecule has 0 spiro atoms. The Bertz CT molecular complexity index is 203. The van der Waals surface area contributed by atoms with Crippen LogP contribution in [0, 0.1) is 0 Å². The summed E-state index contributed by atoms with van der Waals surface area (Å²) in [5, 5.41) is 2.81. The molecular formula is C11H23N3O2. The molecule has 5 heteroatoms. The normalized spacial score (nSPS) is 17.5. The van der Waals surface area contributed by atoms with Crippen molar-refractivity contribution >= 4 is 6.03 Å². The number of carbonyl (C=O) groups is 1. The van der Waals surface area contributed by atoms with Gasteiger partial charge in [-0.2, -0.15) is 0 Å². The minimum atomic E-state index is 0.0444. The van der Waals surface area contributed by atoms with Crippen LogP contribution in [0.25, 0.3) is 0 Å². The highest BCUT2D eigenvalue weighted by atomic mass is 16.5. The van der Waals surface area contributed by atoms with Crippen molar-refractivity contribution in [2.75, 3.05) is 32.8 Å². The van der Waals surface area contributed by atoms with Gasteiger partial charge in [-0.15, -0.1) is 0 Å². The van der Waals surface area contributed by atoms with Gasteiger partial charge in [-0.3, -0.25) is 0 Å². The minimum Gasteiger partial charge on any atom is -0.378 e. The second kappa shape index (κ2) is 7.46. The van der Waals surface area contributed by atoms with E-state index >= 15 is 0 Å². The first kappa shape index (κ1) is 13.3. The van der Waals surface area contributed by atoms with Crippen molar-refractivity contribution in [2.24, 2.45) is 5.73 Å². The van der Waals surface area contributed by atoms with E-state index < -0.39 is 0 Å². The molecule has 0 bridgehead atoms. The topological polar surface area (TPSA) is 67.6 Å². The summed E-state index contributed by atoms with van der Waals surface area (Å²) < 4.78 is 5.67. The molecule has 0 saturated carbocycles. The van der Waals surface area contributed by atoms with Gasteiger partial charge in [0.2, 0.25) is 0 Å². The predicted octanol–water partition coefficient (Wildman–Crippen LogP) is 0.546. The number of amides is 2. The van der Waals surface area contributed by atoms with E-state index in [1.54, 1.807) is 0 Å². The standard InChI is InChI=1S/C11H23N3O2/c1-2-13-11(15)14-7-4-10(5-8-14)16-9-3-6-12/h10H,2-9,12H2,1H3,(H,13,15). The van der Waals surface area contributed by atoms with Gasteiger partial charge in [0.1, 0.15) is 0 Å². The molecule has 0 aliphatic carbocycles. The first-order valence-corrected chi connectivity index (χ1v) is 6.12. The van der Waals surface area contributed by atoms with Crippen molar-refractivity contribution in [3.8, 4) is 0 Å². The molecule has 1 heterocycles. The van der Waals surface area contributed by atoms with Crippen LogP contribution in [0.15, 0.2) is 0 Å². The van der Waals surface area contributed by atoms with Crippen molar-refractivity contribution in [1.29, 1.82) is 0 Å². The lowest BCUT2D eigenvalue weighted by Gasteiger charge is -2.31. The molecule has 2 amide bonds. The zero-order chi connectivity index (χ0) is 11.8. The number of ether oxygens (including phenoxy) is 1. The molecule has 0 aromatic carbocycles. The van der Waals surface area contributed by atoms with E-state index in [0.29, 0.717) is 19.2 Å². The molecule has 0 unspecified atom stereocenters. The van der Waals surface area contributed by atoms with Crippen LogP contribution in [0.1, 0.15) is 26.2 Å². The van der Waals surface area contributed by atoms with E-state index in [1.807, 2.05) is 11.8 Å². The van der Waals surface area contributed by atoms with Gasteiger partial charge in [0.15, 0.2) is 0 Å². The molecule has 1 aliphatic rings. The lowest BCUT2D eigenvalue weighted by atomic mass is 10.1. The number of rotatable bonds is 5. The third kappa shape index (κ3) is 4.37. The summed E-state index contributed by atoms with van der Waals surface area (Å²) in [6.07, 6.45) is 3.08. The average molecular weight is 229 g/mol. The zero-order valence-electron chi connectivity index (χ0n) is 10.1. The Morgan fingerprint density at radius 1 is 1.50 bits per heavy atom. The molecule has 94 valence electrons. The third-order valence-corrected chi connectivity index (χ3v) is 2.76. The number of carbonyl (C=O) groups excluding carboxylic acids is 1. The van der Waals surface area contributed by atoms with Gasteiger partial charge >= 0.3 is 6.03 Å². The molecule has 0 radical (unpaired) electrons. The summed E-state index contributed by atoms with van der Waals surface area (Å²) in [6, 6.07) is 0.0444. The highest BCUT2D eigenvalue weighted by Crippen LogP contribution is 2.13. The van der Waals surface area contributed by atoms with E-state index in [4.69, 9.17) is 10.5 Å². The predicted molar refractivity (Wildman–Crippen MR) is 63.3 cm³/mol. The van der Waals surface area contributed by atoms with Gasteiger partial charge in [0.05, 0.1) is 6.10 Å². The molecule has 0 aromatic heterocycles. The summed E-state index contributed by atoms with van der Waals surface area (Å²) in [7, 11) is 0. The van der Waals surface area contributed by atoms with Crippen molar-refractivity contribution in [1.82, 2.24) is 10.2 Å². The van der Waals surface area contributed by atoms with Gasteiger partial charge in [-0.05, 0) is 32.7 Å². The molecule has 16 heavy (non-hydrogen) atoms. The van der Waals surface area contributed by atoms with Crippen LogP contribution in [0.3, 0.4) is 0 Å². The van der Waals surface area contributed by atoms with E-state index in [1.165, 1.54) is 0 Å². The number of nitrogens with zero attached hydrogens (tertiary/aromatic N) is 1. The van der Waals surface area contributed by atoms with Crippen molar-refractivity contribution in [3.05, 3.63) is 0 Å². The number of likely N-dealkylation sites (tertiary alicyclic amines) is 1. The largest absolute Gasteiger partial charge is 0.378 e. The summed E-state index contributed by atoms with van der Waals surface area (Å²) in [4.78, 5) is 13.4. The second-order valence-electron chi connectivity index (χ2n) is 4.03. The molecule has 0 atom stereocenters. The van der Waals surface area contributed by atoms with Crippen molar-refractivity contribution < 1.29 is 9.53 Å². The monoisotopic (exact) mass is 229 g/mol. The summed E-state index contributed by atoms with van der Waals surface area (Å²) in [5.74, 6) is 0. The van der Waals surface area contributed by atoms with Gasteiger partial charge in [-0.25, -0.2) is 4.79 Å². The van der Waals surface area contributed by atoms with Gasteiger partial charge < -0.3 is 20.7 Å². The SMILES string of the molecule is CCNC(=O)N1CCC(OCCCN)CC1. The second-order valence-corrected chi connectivity index (χ2v) is 4.03. The number of nitrogens with two attached hydrogens (primary N) is 1. The van der Waals surface area contributed by atoms with Crippen LogP contribution in [-0.2, 0) is 4.74 Å². The lowest BCUT2D eigenvalue weighted by molar-refractivity contribution is 0.0146. The maximum absolute atomic E-state index is 11.5. The van der Waals surface area contributed by atoms with Crippen LogP contribution < -0.4 is 11.1 Å². The van der Waals surface area contributed by atoms with Crippen molar-refractivity contribution in [2.45, 2.75) is 32.3 Å². The molecule has 1 saturated heterocycles. The highest BCUT2D eigenvalue weighted by molar-refractivity contribution is 5.74. The van der Waals surface area contributed by atoms with Crippen LogP contribution in [0.5, 0.6) is 0 Å². The fraction of sp³-hybridized carbons (Fsp3) is 0.909. The fourth-order valence-corrected chi connectivity index (χ4v) is 1.82. The van der Waals surface area contributed by atoms with Crippen LogP contribution in [0.2, 0.25) is 0 Å². The third-order valence-electron chi connectivity index (χ3n) is 2.76. The number of hydrogen-bond acceptors (Lipinski definition) is 3. The Labute approximate surface area is 97.3 Å². The lowest BCUT2D eigenvalue weighted by Crippen LogP contribution is -2.45. The summed E-state index contributed by atoms with van der Waals surface area (Å²) >= 11 is 0. The molecule has 1 rings (SSSR count). The summed E-state index contributed by atoms with van der Waals surface area (Å²) in [5.41, 5.74) is 5.40. The Balaban J connectivity index is 2.15. The Morgan fingerprint density at radius 2 is 2.19 bits per heavy atom. The smallest absolute Gasteiger partial charge is 0.317 e. The molecule has 3 N–H and O–H groups in total. The highest BCUT2D eigenvalue weighted by Gasteiger charge is 2.22. The van der Waals surface area contributed by atoms with E-state index in [0.717, 1.165) is 39.0 Å². The van der Waals surface area contributed by atoms with Gasteiger partial charge in [-0.1, -0.05) is 0 Å². The molecular weight excluding hydrogens is 206 g/mol. The Morgan fingerprint density at radius 3 is 2.75 bits per heavy atom. The minimum absolute atomic E-state index is 0.0444. The van der Waals surface area contributed by atoms with Crippen molar-refractivity contribution in [3.63, 3.8) is 0 Å². The number of piperidine rings is 1. The molecule has 0 aromatic rings. The summed E-state index contributed by atoms with van der Waals surface area (Å²) in [6.45, 7) is 5.62. The van der Waals surface area contributed by atoms with Crippen LogP contribution in [-0.4, -0.2) is 49.8 Å². The number of urea groups is 1. The maximum atomic E-state index is 11.5. The first-order valence-electron chi connectivity index (χ1n) is 6.12. The van der Waals surface area contributed by atoms with E-state index in [2.05, 4.69) is 5.32 Å². The molecule has 1 aliphatic heterocycles. The van der Waals surface area contributed by atoms with Gasteiger partial charge in [0, 0.05) is 26.2 Å². The Kier molecular flexibility index (Phi) is 6.18.